The van der Waals surface area contributed by atoms with Gasteiger partial charge >= 0.3 is 0 Å². The lowest BCUT2D eigenvalue weighted by molar-refractivity contribution is -0.123. The van der Waals surface area contributed by atoms with Crippen molar-refractivity contribution >= 4 is 5.91 Å². The summed E-state index contributed by atoms with van der Waals surface area (Å²) in [5.41, 5.74) is -0.537. The first-order valence-corrected chi connectivity index (χ1v) is 5.30. The highest BCUT2D eigenvalue weighted by molar-refractivity contribution is 5.80. The van der Waals surface area contributed by atoms with Gasteiger partial charge in [0.05, 0.1) is 25.2 Å². The van der Waals surface area contributed by atoms with Crippen LogP contribution in [0.3, 0.4) is 0 Å². The highest BCUT2D eigenvalue weighted by Crippen LogP contribution is 2.16. The van der Waals surface area contributed by atoms with E-state index in [0.717, 1.165) is 0 Å². The van der Waals surface area contributed by atoms with Crippen LogP contribution in [0, 0.1) is 0 Å². The molecule has 0 atom stereocenters. The SMILES string of the molecule is CC(CO)(CO)NC(=O)Cc1ccccc1O. The highest BCUT2D eigenvalue weighted by atomic mass is 16.3. The monoisotopic (exact) mass is 239 g/mol. The zero-order valence-electron chi connectivity index (χ0n) is 9.68. The third-order valence-corrected chi connectivity index (χ3v) is 2.48. The lowest BCUT2D eigenvalue weighted by atomic mass is 10.0. The van der Waals surface area contributed by atoms with Crippen LogP contribution in [-0.2, 0) is 11.2 Å². The first kappa shape index (κ1) is 13.5. The van der Waals surface area contributed by atoms with Gasteiger partial charge in [0.15, 0.2) is 0 Å². The molecular formula is C12H17NO4. The molecule has 1 amide bonds. The Hall–Kier alpha value is -1.59. The molecule has 0 bridgehead atoms. The number of phenolic OH excluding ortho intramolecular Hbond substituents is 1. The largest absolute Gasteiger partial charge is 0.508 e. The number of benzene rings is 1. The summed E-state index contributed by atoms with van der Waals surface area (Å²) < 4.78 is 0. The van der Waals surface area contributed by atoms with Crippen LogP contribution in [-0.4, -0.2) is 40.0 Å². The summed E-state index contributed by atoms with van der Waals surface area (Å²) in [5, 5.41) is 30.1. The van der Waals surface area contributed by atoms with Crippen molar-refractivity contribution in [1.82, 2.24) is 5.32 Å². The Morgan fingerprint density at radius 1 is 1.29 bits per heavy atom. The molecule has 5 nitrogen and oxygen atoms in total. The molecule has 0 aliphatic carbocycles. The number of hydrogen-bond acceptors (Lipinski definition) is 4. The molecule has 0 unspecified atom stereocenters. The van der Waals surface area contributed by atoms with Crippen LogP contribution in [0.15, 0.2) is 24.3 Å². The van der Waals surface area contributed by atoms with Gasteiger partial charge in [-0.05, 0) is 13.0 Å². The van der Waals surface area contributed by atoms with E-state index in [2.05, 4.69) is 5.32 Å². The summed E-state index contributed by atoms with van der Waals surface area (Å²) in [6.07, 6.45) is 0.00225. The maximum atomic E-state index is 11.7. The Balaban J connectivity index is 2.65. The van der Waals surface area contributed by atoms with E-state index < -0.39 is 5.54 Å². The van der Waals surface area contributed by atoms with Crippen molar-refractivity contribution < 1.29 is 20.1 Å². The van der Waals surface area contributed by atoms with E-state index in [1.807, 2.05) is 0 Å². The van der Waals surface area contributed by atoms with E-state index in [-0.39, 0.29) is 31.3 Å². The Morgan fingerprint density at radius 3 is 2.41 bits per heavy atom. The number of aliphatic hydroxyl groups excluding tert-OH is 2. The van der Waals surface area contributed by atoms with Crippen LogP contribution in [0.5, 0.6) is 5.75 Å². The van der Waals surface area contributed by atoms with Gasteiger partial charge in [0, 0.05) is 5.56 Å². The minimum atomic E-state index is -1.04. The third kappa shape index (κ3) is 3.72. The zero-order valence-corrected chi connectivity index (χ0v) is 9.68. The molecule has 1 aromatic rings. The van der Waals surface area contributed by atoms with Crippen LogP contribution in [0.1, 0.15) is 12.5 Å². The molecule has 5 heteroatoms. The molecule has 0 saturated heterocycles. The summed E-state index contributed by atoms with van der Waals surface area (Å²) in [7, 11) is 0. The Labute approximate surface area is 99.7 Å². The molecule has 0 heterocycles. The number of para-hydroxylation sites is 1. The molecule has 0 fully saturated rings. The van der Waals surface area contributed by atoms with Gasteiger partial charge in [0.2, 0.25) is 5.91 Å². The fraction of sp³-hybridized carbons (Fsp3) is 0.417. The Bertz CT molecular complexity index is 388. The second-order valence-electron chi connectivity index (χ2n) is 4.23. The topological polar surface area (TPSA) is 89.8 Å². The first-order valence-electron chi connectivity index (χ1n) is 5.30. The highest BCUT2D eigenvalue weighted by Gasteiger charge is 2.24. The Kier molecular flexibility index (Phi) is 4.48. The van der Waals surface area contributed by atoms with Gasteiger partial charge in [-0.2, -0.15) is 0 Å². The normalized spacial score (nSPS) is 11.2. The summed E-state index contributed by atoms with van der Waals surface area (Å²) in [6, 6.07) is 6.53. The minimum absolute atomic E-state index is 0.00225. The van der Waals surface area contributed by atoms with E-state index in [1.165, 1.54) is 13.0 Å². The number of carbonyl (C=O) groups excluding carboxylic acids is 1. The molecule has 4 N–H and O–H groups in total. The molecule has 0 aliphatic rings. The third-order valence-electron chi connectivity index (χ3n) is 2.48. The van der Waals surface area contributed by atoms with Crippen LogP contribution < -0.4 is 5.32 Å². The van der Waals surface area contributed by atoms with E-state index in [9.17, 15) is 9.90 Å². The molecule has 0 spiro atoms. The second-order valence-corrected chi connectivity index (χ2v) is 4.23. The van der Waals surface area contributed by atoms with Crippen molar-refractivity contribution in [1.29, 1.82) is 0 Å². The second kappa shape index (κ2) is 5.65. The van der Waals surface area contributed by atoms with Gasteiger partial charge in [0.25, 0.3) is 0 Å². The van der Waals surface area contributed by atoms with Crippen LogP contribution >= 0.6 is 0 Å². The van der Waals surface area contributed by atoms with E-state index in [0.29, 0.717) is 5.56 Å². The van der Waals surface area contributed by atoms with Crippen molar-refractivity contribution in [3.63, 3.8) is 0 Å². The summed E-state index contributed by atoms with van der Waals surface area (Å²) >= 11 is 0. The van der Waals surface area contributed by atoms with E-state index in [4.69, 9.17) is 10.2 Å². The molecule has 0 aliphatic heterocycles. The van der Waals surface area contributed by atoms with Gasteiger partial charge < -0.3 is 20.6 Å². The van der Waals surface area contributed by atoms with Crippen LogP contribution in [0.2, 0.25) is 0 Å². The fourth-order valence-corrected chi connectivity index (χ4v) is 1.34. The van der Waals surface area contributed by atoms with Crippen LogP contribution in [0.25, 0.3) is 0 Å². The minimum Gasteiger partial charge on any atom is -0.508 e. The lowest BCUT2D eigenvalue weighted by Crippen LogP contribution is -2.52. The number of nitrogens with one attached hydrogen (secondary N) is 1. The van der Waals surface area contributed by atoms with Crippen molar-refractivity contribution in [2.24, 2.45) is 0 Å². The summed E-state index contributed by atoms with van der Waals surface area (Å²) in [4.78, 5) is 11.7. The number of amides is 1. The predicted octanol–water partition coefficient (Wildman–Crippen LogP) is -0.206. The van der Waals surface area contributed by atoms with Gasteiger partial charge in [-0.15, -0.1) is 0 Å². The Morgan fingerprint density at radius 2 is 1.88 bits per heavy atom. The number of rotatable bonds is 5. The number of carbonyl (C=O) groups is 1. The predicted molar refractivity (Wildman–Crippen MR) is 62.5 cm³/mol. The van der Waals surface area contributed by atoms with Gasteiger partial charge in [-0.1, -0.05) is 18.2 Å². The maximum absolute atomic E-state index is 11.7. The number of hydrogen-bond donors (Lipinski definition) is 4. The van der Waals surface area contributed by atoms with Crippen molar-refractivity contribution in [2.45, 2.75) is 18.9 Å². The number of aliphatic hydroxyl groups is 2. The number of phenols is 1. The van der Waals surface area contributed by atoms with Gasteiger partial charge in [-0.3, -0.25) is 4.79 Å². The molecule has 0 radical (unpaired) electrons. The molecule has 1 rings (SSSR count). The van der Waals surface area contributed by atoms with E-state index in [1.54, 1.807) is 18.2 Å². The fourth-order valence-electron chi connectivity index (χ4n) is 1.34. The van der Waals surface area contributed by atoms with Gasteiger partial charge in [0.1, 0.15) is 5.75 Å². The molecular weight excluding hydrogens is 222 g/mol. The summed E-state index contributed by atoms with van der Waals surface area (Å²) in [6.45, 7) is 0.835. The van der Waals surface area contributed by atoms with E-state index >= 15 is 0 Å². The van der Waals surface area contributed by atoms with Crippen LogP contribution in [0.4, 0.5) is 0 Å². The quantitative estimate of drug-likeness (QED) is 0.572. The smallest absolute Gasteiger partial charge is 0.225 e. The van der Waals surface area contributed by atoms with Crippen molar-refractivity contribution in [2.75, 3.05) is 13.2 Å². The molecule has 17 heavy (non-hydrogen) atoms. The number of aromatic hydroxyl groups is 1. The zero-order chi connectivity index (χ0) is 12.9. The average molecular weight is 239 g/mol. The van der Waals surface area contributed by atoms with Crippen molar-refractivity contribution in [3.05, 3.63) is 29.8 Å². The first-order chi connectivity index (χ1) is 8.00. The van der Waals surface area contributed by atoms with Crippen molar-refractivity contribution in [3.8, 4) is 5.75 Å². The molecule has 0 saturated carbocycles. The molecule has 0 aromatic heterocycles. The molecule has 94 valence electrons. The average Bonchev–Trinajstić information content (AvgIpc) is 2.32. The summed E-state index contributed by atoms with van der Waals surface area (Å²) in [5.74, 6) is -0.311. The standard InChI is InChI=1S/C12H17NO4/c1-12(7-14,8-15)13-11(17)6-9-4-2-3-5-10(9)16/h2-5,14-16H,6-8H2,1H3,(H,13,17). The van der Waals surface area contributed by atoms with Gasteiger partial charge in [-0.25, -0.2) is 0 Å². The maximum Gasteiger partial charge on any atom is 0.225 e. The molecule has 1 aromatic carbocycles. The lowest BCUT2D eigenvalue weighted by Gasteiger charge is -2.26.